The minimum absolute atomic E-state index is 0.212. The van der Waals surface area contributed by atoms with Gasteiger partial charge in [-0.15, -0.1) is 0 Å². The van der Waals surface area contributed by atoms with Gasteiger partial charge in [0.25, 0.3) is 5.91 Å². The van der Waals surface area contributed by atoms with Crippen LogP contribution in [-0.2, 0) is 0 Å². The number of hydrogen-bond donors (Lipinski definition) is 2. The number of ether oxygens (including phenoxy) is 2. The van der Waals surface area contributed by atoms with E-state index in [9.17, 15) is 4.79 Å². The molecule has 5 nitrogen and oxygen atoms in total. The van der Waals surface area contributed by atoms with Crippen LogP contribution in [0.1, 0.15) is 17.3 Å². The van der Waals surface area contributed by atoms with Crippen molar-refractivity contribution in [3.05, 3.63) is 84.4 Å². The van der Waals surface area contributed by atoms with E-state index in [1.807, 2.05) is 61.5 Å². The van der Waals surface area contributed by atoms with Gasteiger partial charge in [-0.2, -0.15) is 0 Å². The molecule has 0 unspecified atom stereocenters. The summed E-state index contributed by atoms with van der Waals surface area (Å²) in [5.41, 5.74) is 1.22. The molecule has 0 bridgehead atoms. The molecule has 0 aromatic heterocycles. The summed E-state index contributed by atoms with van der Waals surface area (Å²) in [6.45, 7) is 2.43. The first kappa shape index (κ1) is 19.4. The van der Waals surface area contributed by atoms with Crippen LogP contribution >= 0.6 is 12.2 Å². The fraction of sp³-hybridized carbons (Fsp3) is 0.0909. The van der Waals surface area contributed by atoms with Gasteiger partial charge in [0, 0.05) is 11.3 Å². The number of nitrogens with one attached hydrogen (secondary N) is 2. The molecule has 0 radical (unpaired) electrons. The van der Waals surface area contributed by atoms with Gasteiger partial charge in [-0.1, -0.05) is 24.3 Å². The summed E-state index contributed by atoms with van der Waals surface area (Å²) in [4.78, 5) is 12.3. The van der Waals surface area contributed by atoms with Gasteiger partial charge >= 0.3 is 0 Å². The number of hydrogen-bond acceptors (Lipinski definition) is 4. The lowest BCUT2D eigenvalue weighted by molar-refractivity contribution is 0.0977. The number of carbonyl (C=O) groups is 1. The van der Waals surface area contributed by atoms with Crippen LogP contribution in [0.25, 0.3) is 0 Å². The second-order valence-electron chi connectivity index (χ2n) is 5.81. The third-order valence-electron chi connectivity index (χ3n) is 3.73. The molecular weight excluding hydrogens is 372 g/mol. The van der Waals surface area contributed by atoms with E-state index in [0.717, 1.165) is 11.4 Å². The van der Waals surface area contributed by atoms with Gasteiger partial charge in [0.05, 0.1) is 6.61 Å². The van der Waals surface area contributed by atoms with E-state index in [-0.39, 0.29) is 11.0 Å². The van der Waals surface area contributed by atoms with E-state index in [2.05, 4.69) is 10.6 Å². The number of anilines is 1. The molecule has 0 heterocycles. The Labute approximate surface area is 169 Å². The molecule has 142 valence electrons. The highest BCUT2D eigenvalue weighted by Gasteiger charge is 2.09. The van der Waals surface area contributed by atoms with Crippen LogP contribution in [0.15, 0.2) is 78.9 Å². The molecule has 0 spiro atoms. The lowest BCUT2D eigenvalue weighted by atomic mass is 10.2. The van der Waals surface area contributed by atoms with Crippen LogP contribution in [0.4, 0.5) is 5.69 Å². The highest BCUT2D eigenvalue weighted by molar-refractivity contribution is 7.80. The van der Waals surface area contributed by atoms with Gasteiger partial charge in [0.2, 0.25) is 0 Å². The average molecular weight is 392 g/mol. The quantitative estimate of drug-likeness (QED) is 0.578. The fourth-order valence-corrected chi connectivity index (χ4v) is 2.67. The van der Waals surface area contributed by atoms with E-state index >= 15 is 0 Å². The van der Waals surface area contributed by atoms with Crippen LogP contribution in [0, 0.1) is 0 Å². The highest BCUT2D eigenvalue weighted by atomic mass is 32.1. The Hall–Kier alpha value is -3.38. The Morgan fingerprint density at radius 1 is 0.893 bits per heavy atom. The van der Waals surface area contributed by atoms with E-state index in [4.69, 9.17) is 21.7 Å². The lowest BCUT2D eigenvalue weighted by Crippen LogP contribution is -2.34. The molecule has 28 heavy (non-hydrogen) atoms. The second-order valence-corrected chi connectivity index (χ2v) is 6.22. The Morgan fingerprint density at radius 3 is 2.29 bits per heavy atom. The molecule has 2 N–H and O–H groups in total. The largest absolute Gasteiger partial charge is 0.494 e. The van der Waals surface area contributed by atoms with Crippen LogP contribution in [0.5, 0.6) is 17.2 Å². The minimum Gasteiger partial charge on any atom is -0.494 e. The summed E-state index contributed by atoms with van der Waals surface area (Å²) >= 11 is 5.23. The van der Waals surface area contributed by atoms with Crippen LogP contribution in [0.3, 0.4) is 0 Å². The smallest absolute Gasteiger partial charge is 0.257 e. The molecule has 0 aliphatic heterocycles. The normalized spacial score (nSPS) is 10.0. The molecule has 1 amide bonds. The number of carbonyl (C=O) groups excluding carboxylic acids is 1. The Balaban J connectivity index is 1.55. The minimum atomic E-state index is -0.303. The molecule has 0 aliphatic rings. The highest BCUT2D eigenvalue weighted by Crippen LogP contribution is 2.22. The molecule has 3 rings (SSSR count). The van der Waals surface area contributed by atoms with Crippen molar-refractivity contribution in [1.82, 2.24) is 5.32 Å². The van der Waals surface area contributed by atoms with Crippen molar-refractivity contribution in [1.29, 1.82) is 0 Å². The lowest BCUT2D eigenvalue weighted by Gasteiger charge is -2.11. The molecule has 3 aromatic rings. The van der Waals surface area contributed by atoms with Crippen molar-refractivity contribution in [3.8, 4) is 17.2 Å². The van der Waals surface area contributed by atoms with Gasteiger partial charge in [-0.05, 0) is 73.7 Å². The zero-order valence-corrected chi connectivity index (χ0v) is 16.2. The second kappa shape index (κ2) is 9.53. The Bertz CT molecular complexity index is 944. The monoisotopic (exact) mass is 392 g/mol. The summed E-state index contributed by atoms with van der Waals surface area (Å²) in [5, 5.41) is 5.86. The maximum absolute atomic E-state index is 12.3. The average Bonchev–Trinajstić information content (AvgIpc) is 2.71. The molecule has 3 aromatic carbocycles. The predicted octanol–water partition coefficient (Wildman–Crippen LogP) is 5.00. The van der Waals surface area contributed by atoms with Gasteiger partial charge in [-0.25, -0.2) is 0 Å². The summed E-state index contributed by atoms with van der Waals surface area (Å²) in [6, 6.07) is 23.8. The molecule has 0 atom stereocenters. The maximum Gasteiger partial charge on any atom is 0.257 e. The van der Waals surface area contributed by atoms with Crippen LogP contribution in [0.2, 0.25) is 0 Å². The maximum atomic E-state index is 12.3. The first-order valence-electron chi connectivity index (χ1n) is 8.82. The van der Waals surface area contributed by atoms with Crippen molar-refractivity contribution in [2.75, 3.05) is 11.9 Å². The van der Waals surface area contributed by atoms with Gasteiger partial charge < -0.3 is 14.8 Å². The van der Waals surface area contributed by atoms with Crippen molar-refractivity contribution in [2.24, 2.45) is 0 Å². The zero-order valence-electron chi connectivity index (χ0n) is 15.3. The molecule has 0 saturated carbocycles. The van der Waals surface area contributed by atoms with E-state index in [0.29, 0.717) is 23.7 Å². The van der Waals surface area contributed by atoms with Crippen molar-refractivity contribution < 1.29 is 14.3 Å². The number of thiocarbonyl (C=S) groups is 1. The van der Waals surface area contributed by atoms with Crippen molar-refractivity contribution in [2.45, 2.75) is 6.92 Å². The predicted molar refractivity (Wildman–Crippen MR) is 114 cm³/mol. The van der Waals surface area contributed by atoms with Gasteiger partial charge in [0.15, 0.2) is 5.11 Å². The van der Waals surface area contributed by atoms with E-state index in [1.165, 1.54) is 0 Å². The topological polar surface area (TPSA) is 59.6 Å². The molecule has 6 heteroatoms. The number of benzene rings is 3. The SMILES string of the molecule is CCOc1cccc(C(=O)NC(=S)Nc2ccc(Oc3ccccc3)cc2)c1. The third kappa shape index (κ3) is 5.56. The van der Waals surface area contributed by atoms with Gasteiger partial charge in [0.1, 0.15) is 17.2 Å². The number of amides is 1. The number of rotatable bonds is 6. The first-order chi connectivity index (χ1) is 13.6. The zero-order chi connectivity index (χ0) is 19.8. The van der Waals surface area contributed by atoms with Crippen molar-refractivity contribution in [3.63, 3.8) is 0 Å². The standard InChI is InChI=1S/C22H20N2O3S/c1-2-26-20-10-6-7-16(15-20)21(25)24-22(28)23-17-11-13-19(14-12-17)27-18-8-4-3-5-9-18/h3-15H,2H2,1H3,(H2,23,24,25,28). The van der Waals surface area contributed by atoms with Crippen LogP contribution < -0.4 is 20.1 Å². The third-order valence-corrected chi connectivity index (χ3v) is 3.93. The summed E-state index contributed by atoms with van der Waals surface area (Å²) in [5.74, 6) is 1.81. The van der Waals surface area contributed by atoms with Crippen molar-refractivity contribution >= 4 is 28.9 Å². The van der Waals surface area contributed by atoms with E-state index < -0.39 is 0 Å². The Kier molecular flexibility index (Phi) is 6.59. The summed E-state index contributed by atoms with van der Waals surface area (Å²) in [7, 11) is 0. The number of para-hydroxylation sites is 1. The first-order valence-corrected chi connectivity index (χ1v) is 9.23. The molecule has 0 aliphatic carbocycles. The van der Waals surface area contributed by atoms with Crippen LogP contribution in [-0.4, -0.2) is 17.6 Å². The fourth-order valence-electron chi connectivity index (χ4n) is 2.46. The summed E-state index contributed by atoms with van der Waals surface area (Å²) < 4.78 is 11.2. The van der Waals surface area contributed by atoms with E-state index in [1.54, 1.807) is 24.3 Å². The molecule has 0 fully saturated rings. The summed E-state index contributed by atoms with van der Waals surface area (Å²) in [6.07, 6.45) is 0. The molecule has 0 saturated heterocycles. The van der Waals surface area contributed by atoms with Gasteiger partial charge in [-0.3, -0.25) is 10.1 Å². The Morgan fingerprint density at radius 2 is 1.57 bits per heavy atom. The molecular formula is C22H20N2O3S.